The highest BCUT2D eigenvalue weighted by atomic mass is 16.6. The van der Waals surface area contributed by atoms with E-state index in [-0.39, 0.29) is 18.6 Å². The number of nitrogens with zero attached hydrogens (tertiary/aromatic N) is 1. The lowest BCUT2D eigenvalue weighted by molar-refractivity contribution is -0.164. The van der Waals surface area contributed by atoms with E-state index in [1.54, 1.807) is 0 Å². The molecule has 1 N–H and O–H groups in total. The van der Waals surface area contributed by atoms with Crippen molar-refractivity contribution in [1.29, 1.82) is 0 Å². The molecule has 0 aromatic rings. The Morgan fingerprint density at radius 2 is 2.40 bits per heavy atom. The van der Waals surface area contributed by atoms with Crippen LogP contribution in [0.3, 0.4) is 0 Å². The fraction of sp³-hybridized carbons (Fsp3) is 0.778. The quantitative estimate of drug-likeness (QED) is 0.465. The van der Waals surface area contributed by atoms with Gasteiger partial charge in [0.25, 0.3) is 0 Å². The molecule has 2 aliphatic rings. The Bertz CT molecular complexity index is 303. The Kier molecular flexibility index (Phi) is 2.40. The summed E-state index contributed by atoms with van der Waals surface area (Å²) >= 11 is 0. The van der Waals surface area contributed by atoms with E-state index in [1.807, 2.05) is 0 Å². The van der Waals surface area contributed by atoms with Gasteiger partial charge in [0.05, 0.1) is 19.6 Å². The van der Waals surface area contributed by atoms with Crippen LogP contribution in [0.2, 0.25) is 0 Å². The van der Waals surface area contributed by atoms with Crippen molar-refractivity contribution in [1.82, 2.24) is 4.90 Å². The molecule has 0 bridgehead atoms. The zero-order chi connectivity index (χ0) is 11.2. The van der Waals surface area contributed by atoms with Crippen LogP contribution in [0.15, 0.2) is 0 Å². The van der Waals surface area contributed by atoms with Gasteiger partial charge in [-0.05, 0) is 6.92 Å². The summed E-state index contributed by atoms with van der Waals surface area (Å²) in [7, 11) is 1.25. The van der Waals surface area contributed by atoms with Crippen molar-refractivity contribution < 1.29 is 24.2 Å². The van der Waals surface area contributed by atoms with Gasteiger partial charge in [0.2, 0.25) is 5.91 Å². The highest BCUT2D eigenvalue weighted by Crippen LogP contribution is 2.35. The molecule has 4 atom stereocenters. The van der Waals surface area contributed by atoms with E-state index in [0.717, 1.165) is 0 Å². The van der Waals surface area contributed by atoms with Crippen LogP contribution < -0.4 is 0 Å². The van der Waals surface area contributed by atoms with Crippen molar-refractivity contribution in [3.63, 3.8) is 0 Å². The van der Waals surface area contributed by atoms with Gasteiger partial charge in [0.15, 0.2) is 6.04 Å². The summed E-state index contributed by atoms with van der Waals surface area (Å²) in [5.74, 6) is -0.685. The lowest BCUT2D eigenvalue weighted by Gasteiger charge is -2.35. The Balaban J connectivity index is 2.20. The number of hydrogen-bond donors (Lipinski definition) is 1. The summed E-state index contributed by atoms with van der Waals surface area (Å²) in [4.78, 5) is 24.1. The second-order valence-electron chi connectivity index (χ2n) is 3.77. The van der Waals surface area contributed by atoms with E-state index in [1.165, 1.54) is 18.9 Å². The molecule has 6 heteroatoms. The molecule has 0 aliphatic carbocycles. The van der Waals surface area contributed by atoms with Crippen LogP contribution in [-0.4, -0.2) is 53.5 Å². The fourth-order valence-corrected chi connectivity index (χ4v) is 2.01. The van der Waals surface area contributed by atoms with Crippen molar-refractivity contribution in [3.05, 3.63) is 0 Å². The van der Waals surface area contributed by atoms with Crippen LogP contribution in [0.25, 0.3) is 0 Å². The summed E-state index contributed by atoms with van der Waals surface area (Å²) in [6.07, 6.45) is -1.60. The van der Waals surface area contributed by atoms with E-state index in [0.29, 0.717) is 0 Å². The summed E-state index contributed by atoms with van der Waals surface area (Å²) in [5.41, 5.74) is 0. The zero-order valence-electron chi connectivity index (χ0n) is 8.54. The van der Waals surface area contributed by atoms with E-state index < -0.39 is 24.2 Å². The number of carbonyl (C=O) groups is 2. The Labute approximate surface area is 86.8 Å². The molecule has 6 nitrogen and oxygen atoms in total. The Hall–Kier alpha value is -1.14. The SMILES string of the molecule is COC(=O)C1C(C(C)O)OC2CC(=O)N21. The van der Waals surface area contributed by atoms with Crippen molar-refractivity contribution in [3.8, 4) is 0 Å². The molecule has 0 spiro atoms. The van der Waals surface area contributed by atoms with E-state index in [2.05, 4.69) is 4.74 Å². The monoisotopic (exact) mass is 215 g/mol. The van der Waals surface area contributed by atoms with Gasteiger partial charge in [-0.2, -0.15) is 0 Å². The summed E-state index contributed by atoms with van der Waals surface area (Å²) in [6, 6.07) is -0.804. The molecule has 2 saturated heterocycles. The average Bonchev–Trinajstić information content (AvgIpc) is 2.49. The van der Waals surface area contributed by atoms with Crippen LogP contribution >= 0.6 is 0 Å². The number of ether oxygens (including phenoxy) is 2. The highest BCUT2D eigenvalue weighted by molar-refractivity contribution is 5.90. The average molecular weight is 215 g/mol. The van der Waals surface area contributed by atoms with Crippen LogP contribution in [0.4, 0.5) is 0 Å². The van der Waals surface area contributed by atoms with Gasteiger partial charge in [-0.1, -0.05) is 0 Å². The number of amides is 1. The van der Waals surface area contributed by atoms with Crippen molar-refractivity contribution >= 4 is 11.9 Å². The third-order valence-corrected chi connectivity index (χ3v) is 2.79. The van der Waals surface area contributed by atoms with Gasteiger partial charge in [-0.15, -0.1) is 0 Å². The number of carbonyl (C=O) groups excluding carboxylic acids is 2. The van der Waals surface area contributed by atoms with Crippen molar-refractivity contribution in [2.24, 2.45) is 0 Å². The number of rotatable bonds is 2. The highest BCUT2D eigenvalue weighted by Gasteiger charge is 2.56. The van der Waals surface area contributed by atoms with Gasteiger partial charge in [0.1, 0.15) is 12.3 Å². The maximum Gasteiger partial charge on any atom is 0.331 e. The molecule has 0 aromatic carbocycles. The van der Waals surface area contributed by atoms with Gasteiger partial charge < -0.3 is 14.6 Å². The molecule has 15 heavy (non-hydrogen) atoms. The predicted molar refractivity (Wildman–Crippen MR) is 47.6 cm³/mol. The number of β-lactam (4-membered cyclic amide) rings is 1. The van der Waals surface area contributed by atoms with Crippen LogP contribution in [0.5, 0.6) is 0 Å². The molecule has 2 aliphatic heterocycles. The molecule has 0 radical (unpaired) electrons. The normalized spacial score (nSPS) is 35.8. The molecule has 84 valence electrons. The van der Waals surface area contributed by atoms with E-state index in [9.17, 15) is 14.7 Å². The first-order valence-corrected chi connectivity index (χ1v) is 4.78. The van der Waals surface area contributed by atoms with E-state index >= 15 is 0 Å². The van der Waals surface area contributed by atoms with Crippen LogP contribution in [0, 0.1) is 0 Å². The van der Waals surface area contributed by atoms with Gasteiger partial charge in [0, 0.05) is 0 Å². The molecule has 2 heterocycles. The maximum absolute atomic E-state index is 11.5. The molecule has 0 saturated carbocycles. The third-order valence-electron chi connectivity index (χ3n) is 2.79. The van der Waals surface area contributed by atoms with Gasteiger partial charge >= 0.3 is 5.97 Å². The molecular weight excluding hydrogens is 202 g/mol. The first kappa shape index (κ1) is 10.4. The standard InChI is InChI=1S/C9H13NO5/c1-4(11)8-7(9(13)14-2)10-5(12)3-6(10)15-8/h4,6-8,11H,3H2,1-2H3. The molecule has 2 fully saturated rings. The van der Waals surface area contributed by atoms with Crippen molar-refractivity contribution in [2.45, 2.75) is 37.8 Å². The first-order chi connectivity index (χ1) is 7.06. The molecular formula is C9H13NO5. The van der Waals surface area contributed by atoms with E-state index in [4.69, 9.17) is 4.74 Å². The minimum Gasteiger partial charge on any atom is -0.467 e. The Morgan fingerprint density at radius 3 is 2.87 bits per heavy atom. The zero-order valence-corrected chi connectivity index (χ0v) is 8.54. The predicted octanol–water partition coefficient (Wildman–Crippen LogP) is -1.13. The number of hydrogen-bond acceptors (Lipinski definition) is 5. The topological polar surface area (TPSA) is 76.1 Å². The number of aliphatic hydroxyl groups is 1. The van der Waals surface area contributed by atoms with Crippen LogP contribution in [-0.2, 0) is 19.1 Å². The van der Waals surface area contributed by atoms with Crippen LogP contribution in [0.1, 0.15) is 13.3 Å². The summed E-state index contributed by atoms with van der Waals surface area (Å²) < 4.78 is 9.97. The lowest BCUT2D eigenvalue weighted by Crippen LogP contribution is -2.56. The van der Waals surface area contributed by atoms with Crippen molar-refractivity contribution in [2.75, 3.05) is 7.11 Å². The third kappa shape index (κ3) is 1.40. The lowest BCUT2D eigenvalue weighted by atomic mass is 10.0. The minimum absolute atomic E-state index is 0.140. The Morgan fingerprint density at radius 1 is 1.73 bits per heavy atom. The maximum atomic E-state index is 11.5. The van der Waals surface area contributed by atoms with Gasteiger partial charge in [-0.25, -0.2) is 4.79 Å². The van der Waals surface area contributed by atoms with Gasteiger partial charge in [-0.3, -0.25) is 9.69 Å². The number of methoxy groups -OCH3 is 1. The number of aliphatic hydroxyl groups excluding tert-OH is 1. The number of fused-ring (bicyclic) bond motifs is 1. The second-order valence-corrected chi connectivity index (χ2v) is 3.77. The summed E-state index contributed by atoms with van der Waals surface area (Å²) in [5, 5.41) is 9.45. The fourth-order valence-electron chi connectivity index (χ4n) is 2.01. The second kappa shape index (κ2) is 3.46. The minimum atomic E-state index is -0.812. The molecule has 1 amide bonds. The number of esters is 1. The molecule has 0 aromatic heterocycles. The largest absolute Gasteiger partial charge is 0.467 e. The first-order valence-electron chi connectivity index (χ1n) is 4.78. The molecule has 4 unspecified atom stereocenters. The summed E-state index contributed by atoms with van der Waals surface area (Å²) in [6.45, 7) is 1.52. The smallest absolute Gasteiger partial charge is 0.331 e. The molecule has 2 rings (SSSR count).